The summed E-state index contributed by atoms with van der Waals surface area (Å²) >= 11 is 3.30. The molecule has 0 atom stereocenters. The Morgan fingerprint density at radius 1 is 1.22 bits per heavy atom. The van der Waals surface area contributed by atoms with Crippen LogP contribution in [0.5, 0.6) is 0 Å². The van der Waals surface area contributed by atoms with Crippen LogP contribution in [0.1, 0.15) is 11.1 Å². The first kappa shape index (κ1) is 16.9. The summed E-state index contributed by atoms with van der Waals surface area (Å²) in [5, 5.41) is 14.7. The Morgan fingerprint density at radius 3 is 2.52 bits per heavy atom. The molecule has 0 unspecified atom stereocenters. The van der Waals surface area contributed by atoms with Gasteiger partial charge in [0.2, 0.25) is 0 Å². The summed E-state index contributed by atoms with van der Waals surface area (Å²) in [5.41, 5.74) is 1.16. The SMILES string of the molecule is O=[N+]([O-])c1cc(C(F)(F)F)ccc1N/N=C\c1ccccc1Br. The van der Waals surface area contributed by atoms with Gasteiger partial charge in [-0.05, 0) is 18.2 Å². The van der Waals surface area contributed by atoms with E-state index in [-0.39, 0.29) is 5.69 Å². The fourth-order valence-corrected chi connectivity index (χ4v) is 2.09. The fourth-order valence-electron chi connectivity index (χ4n) is 1.70. The van der Waals surface area contributed by atoms with Crippen molar-refractivity contribution in [3.63, 3.8) is 0 Å². The van der Waals surface area contributed by atoms with Gasteiger partial charge in [-0.2, -0.15) is 18.3 Å². The van der Waals surface area contributed by atoms with E-state index < -0.39 is 22.4 Å². The molecule has 2 aromatic carbocycles. The molecule has 0 fully saturated rings. The van der Waals surface area contributed by atoms with Crippen molar-refractivity contribution in [1.82, 2.24) is 0 Å². The highest BCUT2D eigenvalue weighted by Gasteiger charge is 2.33. The van der Waals surface area contributed by atoms with Gasteiger partial charge in [-0.15, -0.1) is 0 Å². The van der Waals surface area contributed by atoms with Crippen molar-refractivity contribution in [1.29, 1.82) is 0 Å². The van der Waals surface area contributed by atoms with Crippen LogP contribution < -0.4 is 5.43 Å². The molecule has 0 radical (unpaired) electrons. The Balaban J connectivity index is 2.26. The molecule has 0 saturated heterocycles. The largest absolute Gasteiger partial charge is 0.416 e. The average Bonchev–Trinajstić information content (AvgIpc) is 2.48. The van der Waals surface area contributed by atoms with Crippen LogP contribution in [0, 0.1) is 10.1 Å². The van der Waals surface area contributed by atoms with Gasteiger partial charge in [-0.3, -0.25) is 15.5 Å². The predicted molar refractivity (Wildman–Crippen MR) is 83.5 cm³/mol. The standard InChI is InChI=1S/C14H9BrF3N3O2/c15-11-4-2-1-3-9(11)8-19-20-12-6-5-10(14(16,17)18)7-13(12)21(22)23/h1-8,20H/b19-8-. The minimum absolute atomic E-state index is 0.133. The minimum Gasteiger partial charge on any atom is -0.272 e. The van der Waals surface area contributed by atoms with Gasteiger partial charge in [0.05, 0.1) is 16.7 Å². The molecule has 2 aromatic rings. The number of hydrogen-bond acceptors (Lipinski definition) is 4. The molecule has 9 heteroatoms. The smallest absolute Gasteiger partial charge is 0.272 e. The number of anilines is 1. The van der Waals surface area contributed by atoms with Gasteiger partial charge in [0.25, 0.3) is 5.69 Å². The van der Waals surface area contributed by atoms with E-state index >= 15 is 0 Å². The molecule has 1 N–H and O–H groups in total. The maximum Gasteiger partial charge on any atom is 0.416 e. The van der Waals surface area contributed by atoms with Crippen molar-refractivity contribution in [2.45, 2.75) is 6.18 Å². The second kappa shape index (κ2) is 6.78. The number of nitro benzene ring substituents is 1. The van der Waals surface area contributed by atoms with Crippen LogP contribution in [-0.2, 0) is 6.18 Å². The summed E-state index contributed by atoms with van der Waals surface area (Å²) in [7, 11) is 0. The lowest BCUT2D eigenvalue weighted by Crippen LogP contribution is -2.06. The van der Waals surface area contributed by atoms with Crippen molar-refractivity contribution >= 4 is 33.5 Å². The van der Waals surface area contributed by atoms with Crippen molar-refractivity contribution < 1.29 is 18.1 Å². The third-order valence-corrected chi connectivity index (χ3v) is 3.54. The van der Waals surface area contributed by atoms with Gasteiger partial charge >= 0.3 is 6.18 Å². The molecule has 0 aromatic heterocycles. The summed E-state index contributed by atoms with van der Waals surface area (Å²) in [5.74, 6) is 0. The number of alkyl halides is 3. The highest BCUT2D eigenvalue weighted by atomic mass is 79.9. The number of hydrogen-bond donors (Lipinski definition) is 1. The van der Waals surface area contributed by atoms with Crippen LogP contribution in [0.2, 0.25) is 0 Å². The summed E-state index contributed by atoms with van der Waals surface area (Å²) in [6.45, 7) is 0. The first-order valence-electron chi connectivity index (χ1n) is 6.18. The van der Waals surface area contributed by atoms with Gasteiger partial charge in [-0.25, -0.2) is 0 Å². The number of halogens is 4. The van der Waals surface area contributed by atoms with E-state index in [1.54, 1.807) is 24.3 Å². The maximum absolute atomic E-state index is 12.6. The molecule has 0 aliphatic heterocycles. The van der Waals surface area contributed by atoms with Crippen LogP contribution in [-0.4, -0.2) is 11.1 Å². The van der Waals surface area contributed by atoms with E-state index in [4.69, 9.17) is 0 Å². The summed E-state index contributed by atoms with van der Waals surface area (Å²) < 4.78 is 38.6. The van der Waals surface area contributed by atoms with Gasteiger partial charge < -0.3 is 0 Å². The van der Waals surface area contributed by atoms with Crippen molar-refractivity contribution in [2.24, 2.45) is 5.10 Å². The van der Waals surface area contributed by atoms with E-state index in [0.717, 1.165) is 16.6 Å². The molecule has 120 valence electrons. The first-order chi connectivity index (χ1) is 10.8. The van der Waals surface area contributed by atoms with E-state index in [1.165, 1.54) is 6.21 Å². The van der Waals surface area contributed by atoms with Gasteiger partial charge in [0.15, 0.2) is 0 Å². The fraction of sp³-hybridized carbons (Fsp3) is 0.0714. The second-order valence-corrected chi connectivity index (χ2v) is 5.23. The van der Waals surface area contributed by atoms with Crippen molar-refractivity contribution in [3.05, 3.63) is 68.2 Å². The number of hydrazone groups is 1. The highest BCUT2D eigenvalue weighted by molar-refractivity contribution is 9.10. The maximum atomic E-state index is 12.6. The molecule has 0 spiro atoms. The topological polar surface area (TPSA) is 67.5 Å². The molecule has 23 heavy (non-hydrogen) atoms. The Morgan fingerprint density at radius 2 is 1.91 bits per heavy atom. The zero-order valence-electron chi connectivity index (χ0n) is 11.3. The number of nitrogens with one attached hydrogen (secondary N) is 1. The van der Waals surface area contributed by atoms with Crippen LogP contribution in [0.4, 0.5) is 24.5 Å². The van der Waals surface area contributed by atoms with Gasteiger partial charge in [0.1, 0.15) is 5.69 Å². The Kier molecular flexibility index (Phi) is 4.99. The molecule has 0 bridgehead atoms. The molecule has 0 aliphatic carbocycles. The van der Waals surface area contributed by atoms with E-state index in [1.807, 2.05) is 0 Å². The highest BCUT2D eigenvalue weighted by Crippen LogP contribution is 2.34. The summed E-state index contributed by atoms with van der Waals surface area (Å²) in [6, 6.07) is 9.29. The Hall–Kier alpha value is -2.42. The second-order valence-electron chi connectivity index (χ2n) is 4.38. The molecule has 2 rings (SSSR count). The quantitative estimate of drug-likeness (QED) is 0.464. The zero-order chi connectivity index (χ0) is 17.0. The van der Waals surface area contributed by atoms with E-state index in [9.17, 15) is 23.3 Å². The first-order valence-corrected chi connectivity index (χ1v) is 6.97. The normalized spacial score (nSPS) is 11.7. The van der Waals surface area contributed by atoms with Gasteiger partial charge in [-0.1, -0.05) is 34.1 Å². The minimum atomic E-state index is -4.65. The molecule has 0 saturated carbocycles. The van der Waals surface area contributed by atoms with Crippen LogP contribution >= 0.6 is 15.9 Å². The van der Waals surface area contributed by atoms with E-state index in [2.05, 4.69) is 26.5 Å². The summed E-state index contributed by atoms with van der Waals surface area (Å²) in [4.78, 5) is 10.0. The zero-order valence-corrected chi connectivity index (χ0v) is 12.9. The molecule has 5 nitrogen and oxygen atoms in total. The van der Waals surface area contributed by atoms with Gasteiger partial charge in [0, 0.05) is 16.1 Å². The Labute approximate surface area is 137 Å². The Bertz CT molecular complexity index is 763. The third kappa shape index (κ3) is 4.28. The van der Waals surface area contributed by atoms with Crippen molar-refractivity contribution in [2.75, 3.05) is 5.43 Å². The lowest BCUT2D eigenvalue weighted by atomic mass is 10.1. The van der Waals surface area contributed by atoms with Crippen molar-refractivity contribution in [3.8, 4) is 0 Å². The number of benzene rings is 2. The molecule has 0 aliphatic rings. The lowest BCUT2D eigenvalue weighted by molar-refractivity contribution is -0.384. The number of nitro groups is 1. The predicted octanol–water partition coefficient (Wildman–Crippen LogP) is 4.82. The van der Waals surface area contributed by atoms with Crippen LogP contribution in [0.25, 0.3) is 0 Å². The average molecular weight is 388 g/mol. The molecule has 0 amide bonds. The van der Waals surface area contributed by atoms with E-state index in [0.29, 0.717) is 11.6 Å². The molecular weight excluding hydrogens is 379 g/mol. The number of nitrogens with zero attached hydrogens (tertiary/aromatic N) is 2. The molecule has 0 heterocycles. The molecular formula is C14H9BrF3N3O2. The summed E-state index contributed by atoms with van der Waals surface area (Å²) in [6.07, 6.45) is -3.26. The monoisotopic (exact) mass is 387 g/mol. The third-order valence-electron chi connectivity index (χ3n) is 2.82. The lowest BCUT2D eigenvalue weighted by Gasteiger charge is -2.08. The van der Waals surface area contributed by atoms with Crippen LogP contribution in [0.3, 0.4) is 0 Å². The van der Waals surface area contributed by atoms with Crippen LogP contribution in [0.15, 0.2) is 52.0 Å². The number of rotatable bonds is 4.